The van der Waals surface area contributed by atoms with E-state index in [-0.39, 0.29) is 11.6 Å². The van der Waals surface area contributed by atoms with Crippen molar-refractivity contribution in [2.75, 3.05) is 5.75 Å². The third-order valence-electron chi connectivity index (χ3n) is 7.51. The lowest BCUT2D eigenvalue weighted by atomic mass is 9.66. The van der Waals surface area contributed by atoms with E-state index in [1.165, 1.54) is 59.2 Å². The molecular formula is C28H32O2S. The van der Waals surface area contributed by atoms with Crippen LogP contribution in [0.1, 0.15) is 57.4 Å². The Bertz CT molecular complexity index is 1040. The summed E-state index contributed by atoms with van der Waals surface area (Å²) < 4.78 is 6.08. The number of carbonyl (C=O) groups excluding carboxylic acids is 1. The summed E-state index contributed by atoms with van der Waals surface area (Å²) in [5.41, 5.74) is 1.06. The second kappa shape index (κ2) is 8.86. The average molecular weight is 433 g/mol. The molecule has 0 aliphatic heterocycles. The third kappa shape index (κ3) is 4.48. The molecule has 2 aliphatic rings. The highest BCUT2D eigenvalue weighted by Crippen LogP contribution is 2.45. The lowest BCUT2D eigenvalue weighted by Gasteiger charge is -2.44. The van der Waals surface area contributed by atoms with Gasteiger partial charge in [-0.1, -0.05) is 74.2 Å². The molecule has 2 saturated carbocycles. The summed E-state index contributed by atoms with van der Waals surface area (Å²) >= 11 is 1.68. The average Bonchev–Trinajstić information content (AvgIpc) is 2.78. The van der Waals surface area contributed by atoms with Crippen LogP contribution >= 0.6 is 11.8 Å². The van der Waals surface area contributed by atoms with Crippen LogP contribution < -0.4 is 0 Å². The third-order valence-corrected chi connectivity index (χ3v) is 8.45. The highest BCUT2D eigenvalue weighted by atomic mass is 32.2. The van der Waals surface area contributed by atoms with Crippen molar-refractivity contribution in [1.29, 1.82) is 0 Å². The fourth-order valence-electron chi connectivity index (χ4n) is 5.98. The van der Waals surface area contributed by atoms with E-state index in [0.717, 1.165) is 30.4 Å². The second-order valence-electron chi connectivity index (χ2n) is 9.76. The van der Waals surface area contributed by atoms with E-state index in [1.807, 2.05) is 0 Å². The zero-order valence-electron chi connectivity index (χ0n) is 18.4. The molecule has 0 spiro atoms. The molecule has 31 heavy (non-hydrogen) atoms. The van der Waals surface area contributed by atoms with Crippen molar-refractivity contribution in [3.05, 3.63) is 60.2 Å². The summed E-state index contributed by atoms with van der Waals surface area (Å²) in [5.74, 6) is 2.82. The fourth-order valence-corrected chi connectivity index (χ4v) is 6.82. The molecule has 3 aromatic carbocycles. The Labute approximate surface area is 189 Å². The quantitative estimate of drug-likeness (QED) is 0.308. The summed E-state index contributed by atoms with van der Waals surface area (Å²) in [6.45, 7) is 2.17. The minimum absolute atomic E-state index is 0.0497. The number of carbonyl (C=O) groups is 1. The maximum Gasteiger partial charge on any atom is 0.316 e. The van der Waals surface area contributed by atoms with E-state index < -0.39 is 0 Å². The molecule has 162 valence electrons. The number of fused-ring (bicyclic) bond motifs is 3. The first-order valence-corrected chi connectivity index (χ1v) is 13.0. The van der Waals surface area contributed by atoms with Crippen LogP contribution in [0.25, 0.3) is 21.5 Å². The number of hydrogen-bond acceptors (Lipinski definition) is 3. The van der Waals surface area contributed by atoms with Gasteiger partial charge < -0.3 is 4.74 Å². The van der Waals surface area contributed by atoms with Crippen LogP contribution in [-0.4, -0.2) is 17.3 Å². The van der Waals surface area contributed by atoms with Crippen LogP contribution in [0.4, 0.5) is 0 Å². The molecule has 0 saturated heterocycles. The SMILES string of the molecule is CC1(OC(=O)CSCc2c3ccccc3cc3ccccc23)CCC2CCCCC2C1. The molecule has 5 rings (SSSR count). The second-order valence-corrected chi connectivity index (χ2v) is 10.7. The highest BCUT2D eigenvalue weighted by molar-refractivity contribution is 7.99. The van der Waals surface area contributed by atoms with E-state index in [4.69, 9.17) is 4.74 Å². The smallest absolute Gasteiger partial charge is 0.316 e. The number of rotatable bonds is 5. The largest absolute Gasteiger partial charge is 0.459 e. The van der Waals surface area contributed by atoms with Gasteiger partial charge in [0.25, 0.3) is 0 Å². The number of hydrogen-bond donors (Lipinski definition) is 0. The maximum absolute atomic E-state index is 12.8. The van der Waals surface area contributed by atoms with E-state index in [0.29, 0.717) is 5.75 Å². The van der Waals surface area contributed by atoms with Crippen molar-refractivity contribution < 1.29 is 9.53 Å². The Hall–Kier alpha value is -2.00. The van der Waals surface area contributed by atoms with Gasteiger partial charge in [0.1, 0.15) is 5.60 Å². The Kier molecular flexibility index (Phi) is 5.97. The molecular weight excluding hydrogens is 400 g/mol. The molecule has 0 heterocycles. The van der Waals surface area contributed by atoms with E-state index in [2.05, 4.69) is 61.5 Å². The summed E-state index contributed by atoms with van der Waals surface area (Å²) in [6, 6.07) is 19.4. The molecule has 2 fully saturated rings. The van der Waals surface area contributed by atoms with Crippen LogP contribution in [0, 0.1) is 11.8 Å². The van der Waals surface area contributed by atoms with Crippen LogP contribution in [0.15, 0.2) is 54.6 Å². The lowest BCUT2D eigenvalue weighted by molar-refractivity contribution is -0.161. The normalized spacial score (nSPS) is 26.0. The molecule has 0 N–H and O–H groups in total. The monoisotopic (exact) mass is 432 g/mol. The molecule has 3 aromatic rings. The van der Waals surface area contributed by atoms with Crippen molar-refractivity contribution in [3.63, 3.8) is 0 Å². The molecule has 0 amide bonds. The Morgan fingerprint density at radius 1 is 0.968 bits per heavy atom. The predicted molar refractivity (Wildman–Crippen MR) is 131 cm³/mol. The van der Waals surface area contributed by atoms with Crippen molar-refractivity contribution in [2.45, 2.75) is 63.2 Å². The summed E-state index contributed by atoms with van der Waals surface area (Å²) in [5, 5.41) is 5.08. The van der Waals surface area contributed by atoms with Crippen molar-refractivity contribution in [1.82, 2.24) is 0 Å². The van der Waals surface area contributed by atoms with Gasteiger partial charge in [-0.05, 0) is 71.2 Å². The topological polar surface area (TPSA) is 26.3 Å². The Balaban J connectivity index is 1.25. The number of ether oxygens (including phenoxy) is 1. The molecule has 2 nitrogen and oxygen atoms in total. The first-order valence-electron chi connectivity index (χ1n) is 11.8. The minimum Gasteiger partial charge on any atom is -0.459 e. The lowest BCUT2D eigenvalue weighted by Crippen LogP contribution is -2.42. The number of esters is 1. The number of benzene rings is 3. The minimum atomic E-state index is -0.262. The van der Waals surface area contributed by atoms with Gasteiger partial charge in [-0.15, -0.1) is 11.8 Å². The first kappa shape index (κ1) is 20.9. The van der Waals surface area contributed by atoms with Crippen molar-refractivity contribution in [2.24, 2.45) is 11.8 Å². The number of thioether (sulfide) groups is 1. The zero-order chi connectivity index (χ0) is 21.3. The van der Waals surface area contributed by atoms with Gasteiger partial charge in [0, 0.05) is 5.75 Å². The van der Waals surface area contributed by atoms with E-state index in [1.54, 1.807) is 11.8 Å². The van der Waals surface area contributed by atoms with Gasteiger partial charge >= 0.3 is 5.97 Å². The molecule has 2 aliphatic carbocycles. The predicted octanol–water partition coefficient (Wildman–Crippen LogP) is 7.52. The van der Waals surface area contributed by atoms with Gasteiger partial charge in [-0.25, -0.2) is 0 Å². The van der Waals surface area contributed by atoms with Gasteiger partial charge in [0.2, 0.25) is 0 Å². The molecule has 0 aromatic heterocycles. The Morgan fingerprint density at radius 3 is 2.32 bits per heavy atom. The molecule has 3 unspecified atom stereocenters. The summed E-state index contributed by atoms with van der Waals surface area (Å²) in [6.07, 6.45) is 8.74. The van der Waals surface area contributed by atoms with Gasteiger partial charge in [-0.3, -0.25) is 4.79 Å². The Morgan fingerprint density at radius 2 is 1.61 bits per heavy atom. The van der Waals surface area contributed by atoms with E-state index >= 15 is 0 Å². The zero-order valence-corrected chi connectivity index (χ0v) is 19.3. The standard InChI is InChI=1S/C28H32O2S/c1-28(15-14-20-8-2-3-11-23(20)17-28)30-27(29)19-31-18-26-24-12-6-4-9-21(24)16-22-10-5-7-13-25(22)26/h4-7,9-10,12-13,16,20,23H,2-3,8,11,14-15,17-19H2,1H3. The summed E-state index contributed by atoms with van der Waals surface area (Å²) in [4.78, 5) is 12.8. The summed E-state index contributed by atoms with van der Waals surface area (Å²) in [7, 11) is 0. The maximum atomic E-state index is 12.8. The van der Waals surface area contributed by atoms with Gasteiger partial charge in [-0.2, -0.15) is 0 Å². The first-order chi connectivity index (χ1) is 15.1. The van der Waals surface area contributed by atoms with Crippen LogP contribution in [-0.2, 0) is 15.3 Å². The fraction of sp³-hybridized carbons (Fsp3) is 0.464. The van der Waals surface area contributed by atoms with Crippen molar-refractivity contribution in [3.8, 4) is 0 Å². The van der Waals surface area contributed by atoms with Crippen LogP contribution in [0.3, 0.4) is 0 Å². The van der Waals surface area contributed by atoms with Crippen LogP contribution in [0.2, 0.25) is 0 Å². The van der Waals surface area contributed by atoms with Crippen molar-refractivity contribution >= 4 is 39.3 Å². The molecule has 0 radical (unpaired) electrons. The molecule has 0 bridgehead atoms. The van der Waals surface area contributed by atoms with Gasteiger partial charge in [0.15, 0.2) is 0 Å². The molecule has 3 heteroatoms. The van der Waals surface area contributed by atoms with Crippen LogP contribution in [0.5, 0.6) is 0 Å². The van der Waals surface area contributed by atoms with E-state index in [9.17, 15) is 4.79 Å². The van der Waals surface area contributed by atoms with Gasteiger partial charge in [0.05, 0.1) is 5.75 Å². The highest BCUT2D eigenvalue weighted by Gasteiger charge is 2.40. The molecule has 3 atom stereocenters.